The maximum Gasteiger partial charge on any atom is 2.00 e. The summed E-state index contributed by atoms with van der Waals surface area (Å²) >= 11 is 0. The van der Waals surface area contributed by atoms with Crippen molar-refractivity contribution in [3.8, 4) is 0 Å². The van der Waals surface area contributed by atoms with Gasteiger partial charge in [0.1, 0.15) is 5.60 Å². The second-order valence-electron chi connectivity index (χ2n) is 2.42. The van der Waals surface area contributed by atoms with Gasteiger partial charge in [-0.15, -0.1) is 0 Å². The molecule has 0 spiro atoms. The van der Waals surface area contributed by atoms with Gasteiger partial charge in [-0.1, -0.05) is 0 Å². The summed E-state index contributed by atoms with van der Waals surface area (Å²) in [5.74, 6) is -5.98. The number of hydrogen-bond donors (Lipinski definition) is 1. The molecule has 0 aliphatic carbocycles. The van der Waals surface area contributed by atoms with E-state index in [4.69, 9.17) is 5.11 Å². The summed E-state index contributed by atoms with van der Waals surface area (Å²) in [4.78, 5) is 30.0. The van der Waals surface area contributed by atoms with E-state index in [0.29, 0.717) is 0 Å². The summed E-state index contributed by atoms with van der Waals surface area (Å²) in [5, 5.41) is 38.9. The van der Waals surface area contributed by atoms with Crippen LogP contribution >= 0.6 is 0 Å². The van der Waals surface area contributed by atoms with Crippen LogP contribution in [-0.2, 0) is 36.1 Å². The Balaban J connectivity index is -0.000000720. The normalized spacial score (nSPS) is 9.40. The topological polar surface area (TPSA) is 141 Å². The standard InChI is InChI=1S/C6H8O7.Ba.Ti/c7-3(8)1-6(13,5(11)12)2-4(9)10;;/h13H,1-2H2,(H,7,8)(H,9,10)(H,11,12);;/q;2*+2/p-3. The molecule has 1 N–H and O–H groups in total. The molecule has 0 aromatic rings. The van der Waals surface area contributed by atoms with E-state index in [2.05, 4.69) is 0 Å². The molecule has 7 nitrogen and oxygen atoms in total. The van der Waals surface area contributed by atoms with Crippen molar-refractivity contribution in [3.63, 3.8) is 0 Å². The minimum atomic E-state index is -2.97. The van der Waals surface area contributed by atoms with Gasteiger partial charge in [-0.3, -0.25) is 0 Å². The van der Waals surface area contributed by atoms with Crippen molar-refractivity contribution < 1.29 is 56.5 Å². The van der Waals surface area contributed by atoms with Gasteiger partial charge in [0.05, 0.1) is 5.97 Å². The number of carboxylic acids is 3. The zero-order valence-corrected chi connectivity index (χ0v) is 13.5. The molecule has 76 valence electrons. The Kier molecular flexibility index (Phi) is 12.3. The van der Waals surface area contributed by atoms with Gasteiger partial charge in [0.25, 0.3) is 0 Å². The molecule has 0 aliphatic heterocycles. The molecule has 0 saturated carbocycles. The van der Waals surface area contributed by atoms with Gasteiger partial charge in [0.2, 0.25) is 0 Å². The molecular weight excluding hydrogens is 369 g/mol. The van der Waals surface area contributed by atoms with E-state index in [1.54, 1.807) is 0 Å². The van der Waals surface area contributed by atoms with Crippen molar-refractivity contribution in [2.45, 2.75) is 18.4 Å². The number of hydrogen-bond acceptors (Lipinski definition) is 7. The first kappa shape index (κ1) is 21.0. The summed E-state index contributed by atoms with van der Waals surface area (Å²) in [6.07, 6.45) is -2.72. The number of aliphatic hydroxyl groups is 1. The first-order chi connectivity index (χ1) is 5.78. The maximum absolute atomic E-state index is 10.1. The number of carboxylic acid groups (broad SMARTS) is 3. The minimum absolute atomic E-state index is 0. The van der Waals surface area contributed by atoms with E-state index in [1.165, 1.54) is 0 Å². The van der Waals surface area contributed by atoms with Crippen molar-refractivity contribution in [2.75, 3.05) is 0 Å². The van der Waals surface area contributed by atoms with Crippen LogP contribution in [0.4, 0.5) is 0 Å². The molecule has 0 fully saturated rings. The molecule has 0 aromatic heterocycles. The molecular formula is C6H5BaO7Ti+. The van der Waals surface area contributed by atoms with E-state index >= 15 is 0 Å². The minimum Gasteiger partial charge on any atom is -0.550 e. The Morgan fingerprint density at radius 2 is 1.27 bits per heavy atom. The van der Waals surface area contributed by atoms with E-state index in [1.807, 2.05) is 0 Å². The Morgan fingerprint density at radius 3 is 1.40 bits per heavy atom. The van der Waals surface area contributed by atoms with E-state index in [-0.39, 0.29) is 70.6 Å². The van der Waals surface area contributed by atoms with E-state index in [9.17, 15) is 29.7 Å². The third-order valence-corrected chi connectivity index (χ3v) is 1.25. The Bertz CT molecular complexity index is 238. The average Bonchev–Trinajstić information content (AvgIpc) is 1.82. The molecule has 0 atom stereocenters. The van der Waals surface area contributed by atoms with Crippen LogP contribution in [0.5, 0.6) is 0 Å². The van der Waals surface area contributed by atoms with E-state index in [0.717, 1.165) is 0 Å². The molecule has 0 saturated heterocycles. The predicted molar refractivity (Wildman–Crippen MR) is 35.0 cm³/mol. The first-order valence-electron chi connectivity index (χ1n) is 3.11. The second kappa shape index (κ2) is 8.77. The smallest absolute Gasteiger partial charge is 0.550 e. The number of aliphatic carboxylic acids is 3. The predicted octanol–water partition coefficient (Wildman–Crippen LogP) is -5.64. The fourth-order valence-corrected chi connectivity index (χ4v) is 0.684. The second-order valence-corrected chi connectivity index (χ2v) is 2.42. The van der Waals surface area contributed by atoms with Gasteiger partial charge in [0, 0.05) is 24.8 Å². The summed E-state index contributed by atoms with van der Waals surface area (Å²) < 4.78 is 0. The van der Waals surface area contributed by atoms with Gasteiger partial charge in [-0.2, -0.15) is 0 Å². The largest absolute Gasteiger partial charge is 2.00 e. The number of carbonyl (C=O) groups is 3. The van der Waals surface area contributed by atoms with Crippen molar-refractivity contribution >= 4 is 66.8 Å². The Hall–Kier alpha value is 0.656. The van der Waals surface area contributed by atoms with Crippen LogP contribution in [0, 0.1) is 0 Å². The SMILES string of the molecule is O=C([O-])CC(O)(CC(=O)[O-])C(=O)[O-].[Ba+2].[Ti+2]. The third-order valence-electron chi connectivity index (χ3n) is 1.25. The monoisotopic (exact) mass is 375 g/mol. The van der Waals surface area contributed by atoms with Crippen molar-refractivity contribution in [1.29, 1.82) is 0 Å². The van der Waals surface area contributed by atoms with Crippen molar-refractivity contribution in [1.82, 2.24) is 0 Å². The van der Waals surface area contributed by atoms with Crippen molar-refractivity contribution in [3.05, 3.63) is 0 Å². The molecule has 0 amide bonds. The number of carbonyl (C=O) groups excluding carboxylic acids is 3. The molecule has 0 unspecified atom stereocenters. The molecule has 0 heterocycles. The van der Waals surface area contributed by atoms with Crippen LogP contribution in [-0.4, -0.2) is 77.5 Å². The molecule has 0 radical (unpaired) electrons. The van der Waals surface area contributed by atoms with Crippen LogP contribution in [0.3, 0.4) is 0 Å². The van der Waals surface area contributed by atoms with Gasteiger partial charge in [-0.05, 0) is 0 Å². The first-order valence-corrected chi connectivity index (χ1v) is 3.11. The van der Waals surface area contributed by atoms with Gasteiger partial charge in [-0.25, -0.2) is 0 Å². The Morgan fingerprint density at radius 1 is 1.00 bits per heavy atom. The summed E-state index contributed by atoms with van der Waals surface area (Å²) in [6.45, 7) is 0. The molecule has 9 heteroatoms. The Labute approximate surface area is 140 Å². The summed E-state index contributed by atoms with van der Waals surface area (Å²) in [7, 11) is 0. The molecule has 0 aromatic carbocycles. The zero-order valence-electron chi connectivity index (χ0n) is 7.52. The molecule has 0 aliphatic rings. The third kappa shape index (κ3) is 8.46. The van der Waals surface area contributed by atoms with Crippen LogP contribution in [0.2, 0.25) is 0 Å². The average molecular weight is 374 g/mol. The summed E-state index contributed by atoms with van der Waals surface area (Å²) in [6, 6.07) is 0. The van der Waals surface area contributed by atoms with Crippen molar-refractivity contribution in [2.24, 2.45) is 0 Å². The van der Waals surface area contributed by atoms with Gasteiger partial charge >= 0.3 is 70.6 Å². The van der Waals surface area contributed by atoms with Gasteiger partial charge < -0.3 is 34.8 Å². The summed E-state index contributed by atoms with van der Waals surface area (Å²) in [5.41, 5.74) is -2.97. The molecule has 15 heavy (non-hydrogen) atoms. The van der Waals surface area contributed by atoms with Gasteiger partial charge in [0.15, 0.2) is 0 Å². The zero-order chi connectivity index (χ0) is 10.6. The fraction of sp³-hybridized carbons (Fsp3) is 0.500. The van der Waals surface area contributed by atoms with Crippen LogP contribution < -0.4 is 15.3 Å². The maximum atomic E-state index is 10.1. The molecule has 0 rings (SSSR count). The van der Waals surface area contributed by atoms with Crippen LogP contribution in [0.15, 0.2) is 0 Å². The van der Waals surface area contributed by atoms with Crippen LogP contribution in [0.25, 0.3) is 0 Å². The van der Waals surface area contributed by atoms with Crippen LogP contribution in [0.1, 0.15) is 12.8 Å². The quantitative estimate of drug-likeness (QED) is 0.473. The fourth-order valence-electron chi connectivity index (χ4n) is 0.684. The number of rotatable bonds is 5. The van der Waals surface area contributed by atoms with E-state index < -0.39 is 36.4 Å². The molecule has 0 bridgehead atoms.